The lowest BCUT2D eigenvalue weighted by Crippen LogP contribution is -2.39. The van der Waals surface area contributed by atoms with Gasteiger partial charge in [-0.1, -0.05) is 48.5 Å². The zero-order valence-corrected chi connectivity index (χ0v) is 13.2. The number of rotatable bonds is 4. The number of hydrogen-bond donors (Lipinski definition) is 2. The van der Waals surface area contributed by atoms with Crippen molar-refractivity contribution in [1.82, 2.24) is 10.6 Å². The van der Waals surface area contributed by atoms with Crippen molar-refractivity contribution in [3.05, 3.63) is 72.0 Å². The van der Waals surface area contributed by atoms with E-state index in [9.17, 15) is 4.79 Å². The van der Waals surface area contributed by atoms with Crippen LogP contribution in [0.15, 0.2) is 65.1 Å². The number of carbonyl (C=O) groups is 1. The Balaban J connectivity index is 1.52. The van der Waals surface area contributed by atoms with E-state index in [0.717, 1.165) is 11.8 Å². The minimum Gasteiger partial charge on any atom is -0.451 e. The molecule has 0 aliphatic rings. The van der Waals surface area contributed by atoms with E-state index in [1.165, 1.54) is 5.56 Å². The van der Waals surface area contributed by atoms with E-state index in [1.54, 1.807) is 6.07 Å². The van der Waals surface area contributed by atoms with Crippen LogP contribution in [0, 0.1) is 0 Å². The van der Waals surface area contributed by atoms with Crippen LogP contribution in [0.3, 0.4) is 0 Å². The number of nitrogens with one attached hydrogen (secondary N) is 2. The van der Waals surface area contributed by atoms with Crippen LogP contribution in [-0.4, -0.2) is 17.6 Å². The molecule has 0 aliphatic heterocycles. The summed E-state index contributed by atoms with van der Waals surface area (Å²) in [5, 5.41) is 6.84. The van der Waals surface area contributed by atoms with Gasteiger partial charge in [0.1, 0.15) is 5.58 Å². The summed E-state index contributed by atoms with van der Waals surface area (Å²) in [7, 11) is 0. The molecule has 116 valence electrons. The summed E-state index contributed by atoms with van der Waals surface area (Å²) >= 11 is 5.14. The molecule has 5 heteroatoms. The number of carbonyl (C=O) groups excluding carboxylic acids is 1. The molecule has 4 nitrogen and oxygen atoms in total. The maximum absolute atomic E-state index is 12.1. The molecule has 0 bridgehead atoms. The van der Waals surface area contributed by atoms with Gasteiger partial charge in [0.25, 0.3) is 5.91 Å². The van der Waals surface area contributed by atoms with E-state index < -0.39 is 0 Å². The van der Waals surface area contributed by atoms with Crippen LogP contribution in [0.4, 0.5) is 0 Å². The third-order valence-electron chi connectivity index (χ3n) is 3.42. The molecule has 2 N–H and O–H groups in total. The smallest absolute Gasteiger partial charge is 0.293 e. The third-order valence-corrected chi connectivity index (χ3v) is 3.66. The molecule has 0 saturated carbocycles. The Morgan fingerprint density at radius 3 is 2.57 bits per heavy atom. The van der Waals surface area contributed by atoms with Crippen molar-refractivity contribution in [2.24, 2.45) is 0 Å². The van der Waals surface area contributed by atoms with E-state index in [4.69, 9.17) is 16.6 Å². The van der Waals surface area contributed by atoms with Crippen LogP contribution >= 0.6 is 12.2 Å². The van der Waals surface area contributed by atoms with E-state index in [-0.39, 0.29) is 11.7 Å². The molecule has 3 rings (SSSR count). The van der Waals surface area contributed by atoms with Gasteiger partial charge in [0.2, 0.25) is 0 Å². The Morgan fingerprint density at radius 1 is 1.04 bits per heavy atom. The molecule has 0 atom stereocenters. The number of fused-ring (bicyclic) bond motifs is 1. The number of amides is 1. The maximum Gasteiger partial charge on any atom is 0.293 e. The Bertz CT molecular complexity index is 794. The zero-order chi connectivity index (χ0) is 16.1. The van der Waals surface area contributed by atoms with Crippen molar-refractivity contribution in [3.63, 3.8) is 0 Å². The zero-order valence-electron chi connectivity index (χ0n) is 12.4. The van der Waals surface area contributed by atoms with E-state index in [1.807, 2.05) is 42.5 Å². The van der Waals surface area contributed by atoms with Gasteiger partial charge >= 0.3 is 0 Å². The first-order valence-corrected chi connectivity index (χ1v) is 7.75. The first-order valence-electron chi connectivity index (χ1n) is 7.34. The molecule has 1 aromatic heterocycles. The van der Waals surface area contributed by atoms with Crippen LogP contribution < -0.4 is 10.6 Å². The third kappa shape index (κ3) is 3.96. The standard InChI is InChI=1S/C18H16N2O2S/c21-17(16-12-14-8-4-5-9-15(14)22-16)20-18(23)19-11-10-13-6-2-1-3-7-13/h1-9,12H,10-11H2,(H2,19,20,21,23). The number of benzene rings is 2. The highest BCUT2D eigenvalue weighted by molar-refractivity contribution is 7.80. The minimum absolute atomic E-state index is 0.249. The predicted molar refractivity (Wildman–Crippen MR) is 94.4 cm³/mol. The summed E-state index contributed by atoms with van der Waals surface area (Å²) in [6, 6.07) is 19.3. The van der Waals surface area contributed by atoms with Crippen molar-refractivity contribution in [2.75, 3.05) is 6.54 Å². The molecule has 0 radical (unpaired) electrons. The van der Waals surface area contributed by atoms with Gasteiger partial charge in [-0.15, -0.1) is 0 Å². The largest absolute Gasteiger partial charge is 0.451 e. The molecule has 0 fully saturated rings. The van der Waals surface area contributed by atoms with Gasteiger partial charge in [-0.05, 0) is 36.3 Å². The van der Waals surface area contributed by atoms with Crippen LogP contribution in [0.25, 0.3) is 11.0 Å². The quantitative estimate of drug-likeness (QED) is 0.723. The fourth-order valence-electron chi connectivity index (χ4n) is 2.27. The van der Waals surface area contributed by atoms with E-state index in [2.05, 4.69) is 22.8 Å². The Hall–Kier alpha value is -2.66. The molecule has 1 heterocycles. The summed E-state index contributed by atoms with van der Waals surface area (Å²) in [6.45, 7) is 0.656. The lowest BCUT2D eigenvalue weighted by Gasteiger charge is -2.08. The fourth-order valence-corrected chi connectivity index (χ4v) is 2.46. The fraction of sp³-hybridized carbons (Fsp3) is 0.111. The van der Waals surface area contributed by atoms with Crippen LogP contribution in [0.2, 0.25) is 0 Å². The predicted octanol–water partition coefficient (Wildman–Crippen LogP) is 3.28. The SMILES string of the molecule is O=C(NC(=S)NCCc1ccccc1)c1cc2ccccc2o1. The van der Waals surface area contributed by atoms with Gasteiger partial charge in [-0.2, -0.15) is 0 Å². The number of para-hydroxylation sites is 1. The van der Waals surface area contributed by atoms with Gasteiger partial charge in [-0.25, -0.2) is 0 Å². The van der Waals surface area contributed by atoms with Crippen LogP contribution in [0.1, 0.15) is 16.1 Å². The second-order valence-electron chi connectivity index (χ2n) is 5.09. The van der Waals surface area contributed by atoms with Gasteiger partial charge in [0.15, 0.2) is 10.9 Å². The molecule has 0 saturated heterocycles. The summed E-state index contributed by atoms with van der Waals surface area (Å²) in [5.74, 6) is -0.100. The molecule has 1 amide bonds. The van der Waals surface area contributed by atoms with Crippen molar-refractivity contribution >= 4 is 34.2 Å². The average molecular weight is 324 g/mol. The van der Waals surface area contributed by atoms with E-state index >= 15 is 0 Å². The molecule has 23 heavy (non-hydrogen) atoms. The lowest BCUT2D eigenvalue weighted by molar-refractivity contribution is 0.0952. The summed E-state index contributed by atoms with van der Waals surface area (Å²) < 4.78 is 5.51. The molecule has 0 unspecified atom stereocenters. The van der Waals surface area contributed by atoms with Gasteiger partial charge in [0, 0.05) is 11.9 Å². The van der Waals surface area contributed by atoms with Gasteiger partial charge in [-0.3, -0.25) is 10.1 Å². The molecular formula is C18H16N2O2S. The highest BCUT2D eigenvalue weighted by Gasteiger charge is 2.13. The molecule has 0 aliphatic carbocycles. The minimum atomic E-state index is -0.349. The van der Waals surface area contributed by atoms with Crippen molar-refractivity contribution < 1.29 is 9.21 Å². The first kappa shape index (κ1) is 15.2. The molecule has 3 aromatic rings. The summed E-state index contributed by atoms with van der Waals surface area (Å²) in [6.07, 6.45) is 0.835. The average Bonchev–Trinajstić information content (AvgIpc) is 3.00. The summed E-state index contributed by atoms with van der Waals surface area (Å²) in [4.78, 5) is 12.1. The number of thiocarbonyl (C=S) groups is 1. The van der Waals surface area contributed by atoms with Crippen LogP contribution in [0.5, 0.6) is 0 Å². The number of hydrogen-bond acceptors (Lipinski definition) is 3. The lowest BCUT2D eigenvalue weighted by atomic mass is 10.1. The van der Waals surface area contributed by atoms with Crippen molar-refractivity contribution in [2.45, 2.75) is 6.42 Å². The Morgan fingerprint density at radius 2 is 1.78 bits per heavy atom. The normalized spacial score (nSPS) is 10.4. The first-order chi connectivity index (χ1) is 11.2. The molecule has 0 spiro atoms. The Labute approximate surface area is 139 Å². The molecular weight excluding hydrogens is 308 g/mol. The van der Waals surface area contributed by atoms with Crippen LogP contribution in [-0.2, 0) is 6.42 Å². The maximum atomic E-state index is 12.1. The highest BCUT2D eigenvalue weighted by Crippen LogP contribution is 2.18. The monoisotopic (exact) mass is 324 g/mol. The van der Waals surface area contributed by atoms with Crippen molar-refractivity contribution in [3.8, 4) is 0 Å². The highest BCUT2D eigenvalue weighted by atomic mass is 32.1. The van der Waals surface area contributed by atoms with Gasteiger partial charge < -0.3 is 9.73 Å². The molecule has 2 aromatic carbocycles. The number of furan rings is 1. The van der Waals surface area contributed by atoms with Crippen molar-refractivity contribution in [1.29, 1.82) is 0 Å². The second kappa shape index (κ2) is 7.07. The van der Waals surface area contributed by atoms with Gasteiger partial charge in [0.05, 0.1) is 0 Å². The summed E-state index contributed by atoms with van der Waals surface area (Å²) in [5.41, 5.74) is 1.90. The second-order valence-corrected chi connectivity index (χ2v) is 5.50. The topological polar surface area (TPSA) is 54.3 Å². The Kier molecular flexibility index (Phi) is 4.68. The van der Waals surface area contributed by atoms with E-state index in [0.29, 0.717) is 17.2 Å².